The maximum Gasteiger partial charge on any atom is 0.129 e. The van der Waals surface area contributed by atoms with E-state index in [2.05, 4.69) is 0 Å². The SMILES string of the molecule is Cc1cccc(C(O)c2ccc(C)cc2F)c1. The maximum atomic E-state index is 13.7. The normalized spacial score (nSPS) is 12.5. The molecule has 0 heterocycles. The molecule has 1 N–H and O–H groups in total. The summed E-state index contributed by atoms with van der Waals surface area (Å²) in [5.74, 6) is -0.362. The lowest BCUT2D eigenvalue weighted by Gasteiger charge is -2.13. The van der Waals surface area contributed by atoms with Crippen LogP contribution < -0.4 is 0 Å². The summed E-state index contributed by atoms with van der Waals surface area (Å²) in [7, 11) is 0. The molecule has 0 aliphatic heterocycles. The molecule has 0 saturated carbocycles. The van der Waals surface area contributed by atoms with E-state index in [0.717, 1.165) is 11.1 Å². The van der Waals surface area contributed by atoms with Gasteiger partial charge in [-0.3, -0.25) is 0 Å². The molecule has 0 aliphatic carbocycles. The van der Waals surface area contributed by atoms with Gasteiger partial charge in [0.15, 0.2) is 0 Å². The van der Waals surface area contributed by atoms with Crippen LogP contribution in [0.4, 0.5) is 4.39 Å². The summed E-state index contributed by atoms with van der Waals surface area (Å²) >= 11 is 0. The molecule has 2 aromatic carbocycles. The third-order valence-corrected chi connectivity index (χ3v) is 2.81. The van der Waals surface area contributed by atoms with Crippen LogP contribution in [0.25, 0.3) is 0 Å². The van der Waals surface area contributed by atoms with Crippen molar-refractivity contribution in [2.75, 3.05) is 0 Å². The Balaban J connectivity index is 2.40. The Labute approximate surface area is 101 Å². The third-order valence-electron chi connectivity index (χ3n) is 2.81. The van der Waals surface area contributed by atoms with Crippen molar-refractivity contribution in [3.63, 3.8) is 0 Å². The molecule has 2 heteroatoms. The van der Waals surface area contributed by atoms with Gasteiger partial charge in [0.2, 0.25) is 0 Å². The van der Waals surface area contributed by atoms with Crippen molar-refractivity contribution in [1.82, 2.24) is 0 Å². The monoisotopic (exact) mass is 230 g/mol. The van der Waals surface area contributed by atoms with Crippen molar-refractivity contribution in [1.29, 1.82) is 0 Å². The van der Waals surface area contributed by atoms with Gasteiger partial charge in [0.1, 0.15) is 11.9 Å². The molecule has 17 heavy (non-hydrogen) atoms. The summed E-state index contributed by atoms with van der Waals surface area (Å²) in [6.45, 7) is 3.77. The van der Waals surface area contributed by atoms with Gasteiger partial charge in [-0.05, 0) is 31.0 Å². The molecule has 2 aromatic rings. The molecule has 0 saturated heterocycles. The zero-order valence-electron chi connectivity index (χ0n) is 9.94. The molecular formula is C15H15FO. The second-order valence-electron chi connectivity index (χ2n) is 4.34. The second kappa shape index (κ2) is 4.68. The van der Waals surface area contributed by atoms with Gasteiger partial charge in [0.25, 0.3) is 0 Å². The molecule has 1 unspecified atom stereocenters. The summed E-state index contributed by atoms with van der Waals surface area (Å²) in [6.07, 6.45) is -0.907. The quantitative estimate of drug-likeness (QED) is 0.836. The van der Waals surface area contributed by atoms with Gasteiger partial charge in [-0.1, -0.05) is 42.0 Å². The molecule has 0 radical (unpaired) electrons. The minimum atomic E-state index is -0.907. The highest BCUT2D eigenvalue weighted by molar-refractivity contribution is 5.34. The molecule has 0 spiro atoms. The van der Waals surface area contributed by atoms with Crippen LogP contribution in [0.5, 0.6) is 0 Å². The first-order valence-electron chi connectivity index (χ1n) is 5.58. The highest BCUT2D eigenvalue weighted by atomic mass is 19.1. The summed E-state index contributed by atoms with van der Waals surface area (Å²) in [5.41, 5.74) is 2.94. The molecule has 1 nitrogen and oxygen atoms in total. The van der Waals surface area contributed by atoms with Gasteiger partial charge in [-0.15, -0.1) is 0 Å². The van der Waals surface area contributed by atoms with E-state index < -0.39 is 6.10 Å². The number of aliphatic hydroxyl groups excluding tert-OH is 1. The molecule has 0 aromatic heterocycles. The predicted octanol–water partition coefficient (Wildman–Crippen LogP) is 3.52. The Morgan fingerprint density at radius 3 is 2.35 bits per heavy atom. The van der Waals surface area contributed by atoms with Crippen molar-refractivity contribution >= 4 is 0 Å². The van der Waals surface area contributed by atoms with E-state index in [-0.39, 0.29) is 5.82 Å². The lowest BCUT2D eigenvalue weighted by molar-refractivity contribution is 0.215. The van der Waals surface area contributed by atoms with Crippen molar-refractivity contribution in [3.8, 4) is 0 Å². The van der Waals surface area contributed by atoms with Crippen molar-refractivity contribution in [2.45, 2.75) is 20.0 Å². The Hall–Kier alpha value is -1.67. The van der Waals surface area contributed by atoms with Crippen LogP contribution in [0.15, 0.2) is 42.5 Å². The summed E-state index contributed by atoms with van der Waals surface area (Å²) in [4.78, 5) is 0. The van der Waals surface area contributed by atoms with Gasteiger partial charge in [-0.25, -0.2) is 4.39 Å². The maximum absolute atomic E-state index is 13.7. The van der Waals surface area contributed by atoms with E-state index in [1.54, 1.807) is 18.2 Å². The van der Waals surface area contributed by atoms with Crippen LogP contribution in [0.1, 0.15) is 28.4 Å². The number of aryl methyl sites for hydroxylation is 2. The molecule has 0 amide bonds. The highest BCUT2D eigenvalue weighted by Crippen LogP contribution is 2.25. The highest BCUT2D eigenvalue weighted by Gasteiger charge is 2.14. The van der Waals surface area contributed by atoms with E-state index in [1.807, 2.05) is 32.0 Å². The van der Waals surface area contributed by atoms with Crippen LogP contribution in [-0.2, 0) is 0 Å². The first-order chi connectivity index (χ1) is 8.08. The molecular weight excluding hydrogens is 215 g/mol. The average Bonchev–Trinajstić information content (AvgIpc) is 2.28. The van der Waals surface area contributed by atoms with Crippen LogP contribution in [0.3, 0.4) is 0 Å². The lowest BCUT2D eigenvalue weighted by Crippen LogP contribution is -2.03. The van der Waals surface area contributed by atoms with E-state index in [9.17, 15) is 9.50 Å². The second-order valence-corrected chi connectivity index (χ2v) is 4.34. The summed E-state index contributed by atoms with van der Waals surface area (Å²) in [6, 6.07) is 12.4. The molecule has 1 atom stereocenters. The van der Waals surface area contributed by atoms with Gasteiger partial charge in [-0.2, -0.15) is 0 Å². The molecule has 2 rings (SSSR count). The zero-order valence-corrected chi connectivity index (χ0v) is 9.94. The number of benzene rings is 2. The largest absolute Gasteiger partial charge is 0.384 e. The fourth-order valence-corrected chi connectivity index (χ4v) is 1.87. The first kappa shape index (κ1) is 11.8. The Bertz CT molecular complexity index is 534. The molecule has 0 aliphatic rings. The van der Waals surface area contributed by atoms with Crippen LogP contribution in [0, 0.1) is 19.7 Å². The van der Waals surface area contributed by atoms with E-state index in [4.69, 9.17) is 0 Å². The van der Waals surface area contributed by atoms with Crippen molar-refractivity contribution in [3.05, 3.63) is 70.5 Å². The Kier molecular flexibility index (Phi) is 3.25. The number of rotatable bonds is 2. The van der Waals surface area contributed by atoms with Gasteiger partial charge < -0.3 is 5.11 Å². The predicted molar refractivity (Wildman–Crippen MR) is 66.4 cm³/mol. The molecule has 88 valence electrons. The van der Waals surface area contributed by atoms with Crippen molar-refractivity contribution < 1.29 is 9.50 Å². The molecule has 0 fully saturated rings. The Morgan fingerprint density at radius 2 is 1.71 bits per heavy atom. The summed E-state index contributed by atoms with van der Waals surface area (Å²) in [5, 5.41) is 10.1. The topological polar surface area (TPSA) is 20.2 Å². The standard InChI is InChI=1S/C15H15FO/c1-10-4-3-5-12(8-10)15(17)13-7-6-11(2)9-14(13)16/h3-9,15,17H,1-2H3. The van der Waals surface area contributed by atoms with E-state index >= 15 is 0 Å². The summed E-state index contributed by atoms with van der Waals surface area (Å²) < 4.78 is 13.7. The minimum Gasteiger partial charge on any atom is -0.384 e. The van der Waals surface area contributed by atoms with Gasteiger partial charge >= 0.3 is 0 Å². The third kappa shape index (κ3) is 2.53. The smallest absolute Gasteiger partial charge is 0.129 e. The lowest BCUT2D eigenvalue weighted by atomic mass is 9.99. The van der Waals surface area contributed by atoms with E-state index in [1.165, 1.54) is 6.07 Å². The van der Waals surface area contributed by atoms with Crippen molar-refractivity contribution in [2.24, 2.45) is 0 Å². The minimum absolute atomic E-state index is 0.321. The van der Waals surface area contributed by atoms with Gasteiger partial charge in [0.05, 0.1) is 0 Å². The fraction of sp³-hybridized carbons (Fsp3) is 0.200. The number of halogens is 1. The number of hydrogen-bond donors (Lipinski definition) is 1. The first-order valence-corrected chi connectivity index (χ1v) is 5.58. The van der Waals surface area contributed by atoms with Crippen LogP contribution in [0.2, 0.25) is 0 Å². The number of hydrogen-bond acceptors (Lipinski definition) is 1. The fourth-order valence-electron chi connectivity index (χ4n) is 1.87. The van der Waals surface area contributed by atoms with Gasteiger partial charge in [0, 0.05) is 5.56 Å². The van der Waals surface area contributed by atoms with E-state index in [0.29, 0.717) is 11.1 Å². The zero-order chi connectivity index (χ0) is 12.4. The van der Waals surface area contributed by atoms with Crippen LogP contribution >= 0.6 is 0 Å². The molecule has 0 bridgehead atoms. The average molecular weight is 230 g/mol. The number of aliphatic hydroxyl groups is 1. The van der Waals surface area contributed by atoms with Crippen LogP contribution in [-0.4, -0.2) is 5.11 Å². The Morgan fingerprint density at radius 1 is 1.00 bits per heavy atom.